The second-order valence-electron chi connectivity index (χ2n) is 10.1. The van der Waals surface area contributed by atoms with E-state index in [0.29, 0.717) is 0 Å². The number of hydrogen-bond donors (Lipinski definition) is 0. The normalized spacial score (nSPS) is 11.6. The largest absolute Gasteiger partial charge is 0.472 e. The van der Waals surface area contributed by atoms with Gasteiger partial charge in [0, 0.05) is 46.4 Å². The topological polar surface area (TPSA) is 48.8 Å². The molecule has 4 aromatic carbocycles. The smallest absolute Gasteiger partial charge is 0.140 e. The quantitative estimate of drug-likeness (QED) is 0.235. The number of furan rings is 1. The first-order valence-electron chi connectivity index (χ1n) is 13.3. The van der Waals surface area contributed by atoms with Crippen LogP contribution in [0.15, 0.2) is 132 Å². The standard InChI is InChI=1S/C35H24N4O/c1-38-33-11-3-2-10-31(33)37-35(38)25-12-14-28-29-20-23(26-16-18-40-22-26)13-15-32(29)39(34(28)21-25)27-8-6-7-24(19-27)30-9-4-5-17-36-30/h2-22H,1H3. The summed E-state index contributed by atoms with van der Waals surface area (Å²) in [6, 6.07) is 38.2. The average Bonchev–Trinajstić information content (AvgIpc) is 3.74. The highest BCUT2D eigenvalue weighted by molar-refractivity contribution is 6.11. The van der Waals surface area contributed by atoms with Crippen molar-refractivity contribution in [3.05, 3.63) is 128 Å². The molecule has 0 unspecified atom stereocenters. The fourth-order valence-corrected chi connectivity index (χ4v) is 5.79. The van der Waals surface area contributed by atoms with Crippen molar-refractivity contribution in [2.75, 3.05) is 0 Å². The number of aryl methyl sites for hydroxylation is 1. The summed E-state index contributed by atoms with van der Waals surface area (Å²) in [5, 5.41) is 2.37. The molecule has 4 heterocycles. The van der Waals surface area contributed by atoms with Crippen molar-refractivity contribution in [3.63, 3.8) is 0 Å². The van der Waals surface area contributed by atoms with Crippen molar-refractivity contribution in [1.82, 2.24) is 19.1 Å². The van der Waals surface area contributed by atoms with Crippen LogP contribution in [-0.4, -0.2) is 19.1 Å². The lowest BCUT2D eigenvalue weighted by Gasteiger charge is -2.11. The van der Waals surface area contributed by atoms with Gasteiger partial charge >= 0.3 is 0 Å². The van der Waals surface area contributed by atoms with Crippen LogP contribution in [0.25, 0.3) is 72.3 Å². The van der Waals surface area contributed by atoms with Gasteiger partial charge in [0.2, 0.25) is 0 Å². The first kappa shape index (κ1) is 22.6. The van der Waals surface area contributed by atoms with Gasteiger partial charge in [0.05, 0.1) is 40.3 Å². The molecule has 0 aliphatic carbocycles. The molecule has 190 valence electrons. The first-order valence-corrected chi connectivity index (χ1v) is 13.3. The van der Waals surface area contributed by atoms with Crippen molar-refractivity contribution in [2.24, 2.45) is 7.05 Å². The number of para-hydroxylation sites is 2. The minimum Gasteiger partial charge on any atom is -0.472 e. The SMILES string of the molecule is Cn1c(-c2ccc3c4cc(-c5ccoc5)ccc4n(-c4cccc(-c5ccccn5)c4)c3c2)nc2ccccc21. The van der Waals surface area contributed by atoms with Gasteiger partial charge in [0.15, 0.2) is 0 Å². The molecule has 0 saturated carbocycles. The minimum absolute atomic E-state index is 0.946. The molecule has 5 heteroatoms. The van der Waals surface area contributed by atoms with Crippen molar-refractivity contribution < 1.29 is 4.42 Å². The van der Waals surface area contributed by atoms with E-state index in [1.807, 2.05) is 36.5 Å². The molecular weight excluding hydrogens is 492 g/mol. The molecule has 5 nitrogen and oxygen atoms in total. The van der Waals surface area contributed by atoms with E-state index in [1.54, 1.807) is 12.5 Å². The summed E-state index contributed by atoms with van der Waals surface area (Å²) in [5.41, 5.74) is 10.8. The van der Waals surface area contributed by atoms with Crippen LogP contribution < -0.4 is 0 Å². The van der Waals surface area contributed by atoms with Gasteiger partial charge in [-0.3, -0.25) is 4.98 Å². The number of rotatable bonds is 4. The lowest BCUT2D eigenvalue weighted by Crippen LogP contribution is -1.96. The van der Waals surface area contributed by atoms with Gasteiger partial charge in [0.1, 0.15) is 5.82 Å². The summed E-state index contributed by atoms with van der Waals surface area (Å²) in [6.07, 6.45) is 5.35. The molecule has 4 aromatic heterocycles. The van der Waals surface area contributed by atoms with E-state index in [1.165, 1.54) is 10.8 Å². The molecule has 0 bridgehead atoms. The predicted molar refractivity (Wildman–Crippen MR) is 161 cm³/mol. The van der Waals surface area contributed by atoms with Gasteiger partial charge in [-0.1, -0.05) is 48.5 Å². The minimum atomic E-state index is 0.946. The van der Waals surface area contributed by atoms with Gasteiger partial charge in [0.25, 0.3) is 0 Å². The Hall–Kier alpha value is -5.42. The summed E-state index contributed by atoms with van der Waals surface area (Å²) in [4.78, 5) is 9.57. The molecule has 8 aromatic rings. The number of imidazole rings is 1. The zero-order chi connectivity index (χ0) is 26.6. The van der Waals surface area contributed by atoms with Gasteiger partial charge < -0.3 is 13.6 Å². The third-order valence-corrected chi connectivity index (χ3v) is 7.73. The zero-order valence-corrected chi connectivity index (χ0v) is 21.8. The van der Waals surface area contributed by atoms with Crippen LogP contribution in [-0.2, 0) is 7.05 Å². The first-order chi connectivity index (χ1) is 19.7. The molecule has 0 aliphatic heterocycles. The summed E-state index contributed by atoms with van der Waals surface area (Å²) in [5.74, 6) is 0.946. The van der Waals surface area contributed by atoms with E-state index in [-0.39, 0.29) is 0 Å². The molecule has 0 atom stereocenters. The van der Waals surface area contributed by atoms with Crippen LogP contribution in [0.4, 0.5) is 0 Å². The van der Waals surface area contributed by atoms with Gasteiger partial charge in [-0.25, -0.2) is 4.98 Å². The fourth-order valence-electron chi connectivity index (χ4n) is 5.79. The predicted octanol–water partition coefficient (Wildman–Crippen LogP) is 8.66. The van der Waals surface area contributed by atoms with Crippen molar-refractivity contribution in [3.8, 4) is 39.5 Å². The molecule has 0 aliphatic rings. The summed E-state index contributed by atoms with van der Waals surface area (Å²) in [7, 11) is 2.08. The molecule has 0 amide bonds. The maximum absolute atomic E-state index is 5.38. The van der Waals surface area contributed by atoms with E-state index in [2.05, 4.69) is 100 Å². The highest BCUT2D eigenvalue weighted by Crippen LogP contribution is 2.38. The Kier molecular flexibility index (Phi) is 4.97. The Balaban J connectivity index is 1.40. The summed E-state index contributed by atoms with van der Waals surface area (Å²) < 4.78 is 9.90. The van der Waals surface area contributed by atoms with E-state index >= 15 is 0 Å². The average molecular weight is 517 g/mol. The highest BCUT2D eigenvalue weighted by Gasteiger charge is 2.17. The van der Waals surface area contributed by atoms with Gasteiger partial charge in [-0.15, -0.1) is 0 Å². The molecule has 0 spiro atoms. The van der Waals surface area contributed by atoms with E-state index in [9.17, 15) is 0 Å². The number of hydrogen-bond acceptors (Lipinski definition) is 3. The monoisotopic (exact) mass is 516 g/mol. The lowest BCUT2D eigenvalue weighted by molar-refractivity contribution is 0.568. The van der Waals surface area contributed by atoms with Crippen LogP contribution in [0.2, 0.25) is 0 Å². The fraction of sp³-hybridized carbons (Fsp3) is 0.0286. The number of benzene rings is 4. The zero-order valence-electron chi connectivity index (χ0n) is 21.8. The van der Waals surface area contributed by atoms with Crippen LogP contribution in [0.3, 0.4) is 0 Å². The number of fused-ring (bicyclic) bond motifs is 4. The lowest BCUT2D eigenvalue weighted by atomic mass is 10.0. The van der Waals surface area contributed by atoms with Crippen molar-refractivity contribution in [1.29, 1.82) is 0 Å². The van der Waals surface area contributed by atoms with Crippen molar-refractivity contribution >= 4 is 32.8 Å². The van der Waals surface area contributed by atoms with Gasteiger partial charge in [-0.2, -0.15) is 0 Å². The Morgan fingerprint density at radius 3 is 2.38 bits per heavy atom. The van der Waals surface area contributed by atoms with Crippen LogP contribution in [0.5, 0.6) is 0 Å². The molecule has 40 heavy (non-hydrogen) atoms. The van der Waals surface area contributed by atoms with Crippen LogP contribution in [0.1, 0.15) is 0 Å². The van der Waals surface area contributed by atoms with E-state index in [0.717, 1.165) is 61.5 Å². The van der Waals surface area contributed by atoms with Crippen molar-refractivity contribution in [2.45, 2.75) is 0 Å². The Morgan fingerprint density at radius 2 is 1.52 bits per heavy atom. The summed E-state index contributed by atoms with van der Waals surface area (Å²) in [6.45, 7) is 0. The molecule has 0 radical (unpaired) electrons. The van der Waals surface area contributed by atoms with Crippen LogP contribution >= 0.6 is 0 Å². The Morgan fingerprint density at radius 1 is 0.625 bits per heavy atom. The third kappa shape index (κ3) is 3.48. The molecule has 0 N–H and O–H groups in total. The third-order valence-electron chi connectivity index (χ3n) is 7.73. The maximum atomic E-state index is 5.38. The molecular formula is C35H24N4O. The second-order valence-corrected chi connectivity index (χ2v) is 10.1. The van der Waals surface area contributed by atoms with E-state index < -0.39 is 0 Å². The number of aromatic nitrogens is 4. The second kappa shape index (κ2) is 8.82. The Bertz CT molecular complexity index is 2170. The van der Waals surface area contributed by atoms with Crippen LogP contribution in [0, 0.1) is 0 Å². The van der Waals surface area contributed by atoms with Gasteiger partial charge in [-0.05, 0) is 66.2 Å². The molecule has 0 fully saturated rings. The van der Waals surface area contributed by atoms with E-state index in [4.69, 9.17) is 9.40 Å². The maximum Gasteiger partial charge on any atom is 0.140 e. The molecule has 8 rings (SSSR count). The number of pyridine rings is 1. The molecule has 0 saturated heterocycles. The highest BCUT2D eigenvalue weighted by atomic mass is 16.3. The number of nitrogens with zero attached hydrogens (tertiary/aromatic N) is 4. The Labute approximate surface area is 230 Å². The summed E-state index contributed by atoms with van der Waals surface area (Å²) >= 11 is 0.